The van der Waals surface area contributed by atoms with E-state index in [2.05, 4.69) is 25.7 Å². The molecule has 6 rings (SSSR count). The van der Waals surface area contributed by atoms with Crippen LogP contribution < -0.4 is 10.1 Å². The van der Waals surface area contributed by atoms with Crippen LogP contribution in [0.25, 0.3) is 11.5 Å². The van der Waals surface area contributed by atoms with Crippen LogP contribution in [0.15, 0.2) is 67.0 Å². The predicted molar refractivity (Wildman–Crippen MR) is 125 cm³/mol. The highest BCUT2D eigenvalue weighted by Crippen LogP contribution is 2.40. The van der Waals surface area contributed by atoms with Crippen molar-refractivity contribution in [3.63, 3.8) is 0 Å². The van der Waals surface area contributed by atoms with E-state index < -0.39 is 0 Å². The number of carbonyl (C=O) groups is 1. The summed E-state index contributed by atoms with van der Waals surface area (Å²) in [6.45, 7) is 2.02. The van der Waals surface area contributed by atoms with Crippen LogP contribution in [-0.2, 0) is 11.4 Å². The number of halogens is 1. The summed E-state index contributed by atoms with van der Waals surface area (Å²) >= 11 is 0. The molecular formula is C25H20FN7O2. The number of aryl methyl sites for hydroxylation is 1. The number of amides is 1. The van der Waals surface area contributed by atoms with Gasteiger partial charge >= 0.3 is 0 Å². The van der Waals surface area contributed by atoms with Gasteiger partial charge in [0.05, 0.1) is 5.69 Å². The van der Waals surface area contributed by atoms with Gasteiger partial charge in [0.15, 0.2) is 11.5 Å². The van der Waals surface area contributed by atoms with Gasteiger partial charge in [0.1, 0.15) is 30.3 Å². The van der Waals surface area contributed by atoms with E-state index in [0.29, 0.717) is 28.6 Å². The van der Waals surface area contributed by atoms with Gasteiger partial charge in [-0.1, -0.05) is 30.3 Å². The second kappa shape index (κ2) is 8.32. The van der Waals surface area contributed by atoms with Gasteiger partial charge in [0, 0.05) is 23.5 Å². The van der Waals surface area contributed by atoms with E-state index >= 15 is 0 Å². The van der Waals surface area contributed by atoms with Gasteiger partial charge < -0.3 is 10.1 Å². The van der Waals surface area contributed by atoms with Crippen LogP contribution in [0.1, 0.15) is 34.7 Å². The van der Waals surface area contributed by atoms with E-state index in [0.717, 1.165) is 16.8 Å². The Labute approximate surface area is 199 Å². The van der Waals surface area contributed by atoms with Crippen LogP contribution in [0.3, 0.4) is 0 Å². The number of nitrogens with zero attached hydrogens (tertiary/aromatic N) is 6. The summed E-state index contributed by atoms with van der Waals surface area (Å²) in [5.74, 6) is 1.07. The third-order valence-corrected chi connectivity index (χ3v) is 6.08. The molecule has 0 spiro atoms. The van der Waals surface area contributed by atoms with Gasteiger partial charge in [-0.15, -0.1) is 15.3 Å². The largest absolute Gasteiger partial charge is 0.489 e. The van der Waals surface area contributed by atoms with E-state index in [-0.39, 0.29) is 30.7 Å². The number of anilines is 1. The molecule has 0 aliphatic carbocycles. The van der Waals surface area contributed by atoms with Gasteiger partial charge in [0.25, 0.3) is 0 Å². The predicted octanol–water partition coefficient (Wildman–Crippen LogP) is 3.81. The van der Waals surface area contributed by atoms with Gasteiger partial charge in [0.2, 0.25) is 5.91 Å². The number of hydrogen-bond donors (Lipinski definition) is 1. The molecule has 1 N–H and O–H groups in total. The molecule has 1 atom stereocenters. The molecule has 0 bridgehead atoms. The number of ether oxygens (including phenoxy) is 1. The quantitative estimate of drug-likeness (QED) is 0.420. The Morgan fingerprint density at radius 2 is 2.00 bits per heavy atom. The van der Waals surface area contributed by atoms with Crippen molar-refractivity contribution in [3.8, 4) is 11.6 Å². The maximum Gasteiger partial charge on any atom is 0.226 e. The molecule has 0 unspecified atom stereocenters. The minimum absolute atomic E-state index is 0.112. The minimum Gasteiger partial charge on any atom is -0.489 e. The summed E-state index contributed by atoms with van der Waals surface area (Å²) in [6, 6.07) is 17.6. The second-order valence-corrected chi connectivity index (χ2v) is 8.34. The Kier molecular flexibility index (Phi) is 4.98. The smallest absolute Gasteiger partial charge is 0.226 e. The topological polar surface area (TPSA) is 99.2 Å². The first-order valence-corrected chi connectivity index (χ1v) is 11.1. The average Bonchev–Trinajstić information content (AvgIpc) is 3.47. The van der Waals surface area contributed by atoms with Crippen molar-refractivity contribution < 1.29 is 13.9 Å². The molecule has 2 aromatic carbocycles. The number of nitrogens with one attached hydrogen (secondary N) is 1. The zero-order valence-electron chi connectivity index (χ0n) is 18.7. The second-order valence-electron chi connectivity index (χ2n) is 8.34. The fourth-order valence-corrected chi connectivity index (χ4v) is 4.43. The number of fused-ring (bicyclic) bond motifs is 2. The van der Waals surface area contributed by atoms with Crippen molar-refractivity contribution in [1.82, 2.24) is 29.6 Å². The number of rotatable bonds is 5. The molecule has 35 heavy (non-hydrogen) atoms. The molecule has 1 aliphatic rings. The summed E-state index contributed by atoms with van der Waals surface area (Å²) in [6.07, 6.45) is 1.78. The first-order chi connectivity index (χ1) is 17.1. The lowest BCUT2D eigenvalue weighted by molar-refractivity contribution is -0.116. The summed E-state index contributed by atoms with van der Waals surface area (Å²) in [5, 5.41) is 20.0. The van der Waals surface area contributed by atoms with Gasteiger partial charge in [-0.05, 0) is 42.8 Å². The van der Waals surface area contributed by atoms with Crippen molar-refractivity contribution >= 4 is 17.4 Å². The lowest BCUT2D eigenvalue weighted by Gasteiger charge is -2.24. The third-order valence-electron chi connectivity index (χ3n) is 6.08. The van der Waals surface area contributed by atoms with Gasteiger partial charge in [-0.2, -0.15) is 14.3 Å². The maximum atomic E-state index is 14.0. The van der Waals surface area contributed by atoms with Crippen LogP contribution in [-0.4, -0.2) is 35.5 Å². The average molecular weight is 469 g/mol. The Morgan fingerprint density at radius 1 is 1.11 bits per heavy atom. The van der Waals surface area contributed by atoms with E-state index in [4.69, 9.17) is 4.74 Å². The van der Waals surface area contributed by atoms with Gasteiger partial charge in [-0.25, -0.2) is 4.39 Å². The molecule has 10 heteroatoms. The summed E-state index contributed by atoms with van der Waals surface area (Å²) in [4.78, 5) is 12.7. The Balaban J connectivity index is 1.35. The molecule has 0 fully saturated rings. The molecule has 0 radical (unpaired) electrons. The van der Waals surface area contributed by atoms with Crippen molar-refractivity contribution in [3.05, 3.63) is 95.2 Å². The lowest BCUT2D eigenvalue weighted by Crippen LogP contribution is -2.25. The Hall–Kier alpha value is -4.60. The number of benzene rings is 2. The summed E-state index contributed by atoms with van der Waals surface area (Å²) in [5.41, 5.74) is 3.71. The SMILES string of the molecule is Cc1nn(-c2ccc3nncn3n2)c2c1[C@H](c1cccc(OCc3ccccc3F)c1)CC(=O)N2. The van der Waals surface area contributed by atoms with Crippen LogP contribution in [0.4, 0.5) is 10.2 Å². The van der Waals surface area contributed by atoms with E-state index in [1.807, 2.05) is 31.2 Å². The summed E-state index contributed by atoms with van der Waals surface area (Å²) < 4.78 is 23.0. The number of aromatic nitrogens is 6. The first-order valence-electron chi connectivity index (χ1n) is 11.1. The lowest BCUT2D eigenvalue weighted by atomic mass is 9.86. The zero-order valence-corrected chi connectivity index (χ0v) is 18.7. The first kappa shape index (κ1) is 21.0. The van der Waals surface area contributed by atoms with Crippen molar-refractivity contribution in [2.45, 2.75) is 25.9 Å². The Morgan fingerprint density at radius 3 is 2.89 bits per heavy atom. The van der Waals surface area contributed by atoms with Crippen LogP contribution >= 0.6 is 0 Å². The fourth-order valence-electron chi connectivity index (χ4n) is 4.43. The van der Waals surface area contributed by atoms with Crippen LogP contribution in [0, 0.1) is 12.7 Å². The molecule has 5 aromatic rings. The zero-order chi connectivity index (χ0) is 23.9. The molecule has 4 heterocycles. The number of carbonyl (C=O) groups excluding carboxylic acids is 1. The highest BCUT2D eigenvalue weighted by Gasteiger charge is 2.33. The monoisotopic (exact) mass is 469 g/mol. The normalized spacial score (nSPS) is 15.1. The number of hydrogen-bond acceptors (Lipinski definition) is 6. The molecular weight excluding hydrogens is 449 g/mol. The molecule has 1 aliphatic heterocycles. The van der Waals surface area contributed by atoms with Crippen molar-refractivity contribution in [2.75, 3.05) is 5.32 Å². The fraction of sp³-hybridized carbons (Fsp3) is 0.160. The maximum absolute atomic E-state index is 14.0. The van der Waals surface area contributed by atoms with Gasteiger partial charge in [-0.3, -0.25) is 4.79 Å². The minimum atomic E-state index is -0.307. The molecule has 9 nitrogen and oxygen atoms in total. The van der Waals surface area contributed by atoms with Crippen molar-refractivity contribution in [1.29, 1.82) is 0 Å². The van der Waals surface area contributed by atoms with E-state index in [1.165, 1.54) is 12.4 Å². The Bertz CT molecular complexity index is 1580. The third kappa shape index (κ3) is 3.78. The van der Waals surface area contributed by atoms with Crippen LogP contribution in [0.2, 0.25) is 0 Å². The molecule has 1 amide bonds. The molecule has 3 aromatic heterocycles. The van der Waals surface area contributed by atoms with E-state index in [9.17, 15) is 9.18 Å². The van der Waals surface area contributed by atoms with E-state index in [1.54, 1.807) is 39.5 Å². The molecule has 174 valence electrons. The summed E-state index contributed by atoms with van der Waals surface area (Å²) in [7, 11) is 0. The molecule has 0 saturated carbocycles. The highest BCUT2D eigenvalue weighted by molar-refractivity contribution is 5.95. The van der Waals surface area contributed by atoms with Crippen molar-refractivity contribution in [2.24, 2.45) is 0 Å². The standard InChI is InChI=1S/C25H20FN7O2/c1-15-24-19(16-6-4-7-18(11-16)35-13-17-5-2-3-8-20(17)26)12-23(34)28-25(24)33(30-15)22-10-9-21-29-27-14-32(21)31-22/h2-11,14,19H,12-13H2,1H3,(H,28,34)/t19-/m0/s1. The highest BCUT2D eigenvalue weighted by atomic mass is 19.1. The van der Waals surface area contributed by atoms with Crippen LogP contribution in [0.5, 0.6) is 5.75 Å². The molecule has 0 saturated heterocycles.